The maximum absolute atomic E-state index is 13.7. The van der Waals surface area contributed by atoms with Gasteiger partial charge in [0.1, 0.15) is 17.5 Å². The number of nitrogens with one attached hydrogen (secondary N) is 1. The van der Waals surface area contributed by atoms with Crippen molar-refractivity contribution in [3.63, 3.8) is 0 Å². The molecular formula is C18H21F2N5O2S. The van der Waals surface area contributed by atoms with Crippen LogP contribution in [0.4, 0.5) is 14.5 Å². The van der Waals surface area contributed by atoms with Crippen LogP contribution < -0.4 is 5.32 Å². The topological polar surface area (TPSA) is 72.3 Å². The standard InChI is InChI=1S/C18H21F2N5O2S/c1-2-5-25-16(11-24-6-8-27-9-7-24)22-23-18(25)28-12-17(26)21-15-4-3-13(19)10-14(15)20/h2-4,10H,1,5-9,11-12H2,(H,21,26). The van der Waals surface area contributed by atoms with Crippen molar-refractivity contribution in [1.29, 1.82) is 0 Å². The van der Waals surface area contributed by atoms with E-state index in [-0.39, 0.29) is 11.4 Å². The second kappa shape index (κ2) is 9.76. The van der Waals surface area contributed by atoms with E-state index in [0.717, 1.165) is 31.0 Å². The monoisotopic (exact) mass is 409 g/mol. The zero-order valence-corrected chi connectivity index (χ0v) is 16.1. The largest absolute Gasteiger partial charge is 0.379 e. The lowest BCUT2D eigenvalue weighted by Gasteiger charge is -2.26. The predicted octanol–water partition coefficient (Wildman–Crippen LogP) is 2.31. The molecule has 0 bridgehead atoms. The summed E-state index contributed by atoms with van der Waals surface area (Å²) < 4.78 is 33.9. The van der Waals surface area contributed by atoms with Gasteiger partial charge in [0, 0.05) is 25.7 Å². The van der Waals surface area contributed by atoms with E-state index >= 15 is 0 Å². The molecule has 0 unspecified atom stereocenters. The number of nitrogens with zero attached hydrogens (tertiary/aromatic N) is 4. The number of amides is 1. The Labute approximate surface area is 165 Å². The van der Waals surface area contributed by atoms with Gasteiger partial charge in [0.25, 0.3) is 0 Å². The summed E-state index contributed by atoms with van der Waals surface area (Å²) in [6.07, 6.45) is 1.74. The quantitative estimate of drug-likeness (QED) is 0.533. The molecular weight excluding hydrogens is 388 g/mol. The number of carbonyl (C=O) groups is 1. The molecule has 28 heavy (non-hydrogen) atoms. The van der Waals surface area contributed by atoms with Gasteiger partial charge in [0.2, 0.25) is 5.91 Å². The molecule has 1 fully saturated rings. The van der Waals surface area contributed by atoms with Gasteiger partial charge in [-0.15, -0.1) is 16.8 Å². The third-order valence-electron chi connectivity index (χ3n) is 4.11. The number of carbonyl (C=O) groups excluding carboxylic acids is 1. The third-order valence-corrected chi connectivity index (χ3v) is 5.08. The Morgan fingerprint density at radius 1 is 1.32 bits per heavy atom. The second-order valence-electron chi connectivity index (χ2n) is 6.15. The van der Waals surface area contributed by atoms with Crippen LogP contribution in [0, 0.1) is 11.6 Å². The van der Waals surface area contributed by atoms with Crippen molar-refractivity contribution in [2.24, 2.45) is 0 Å². The fourth-order valence-corrected chi connectivity index (χ4v) is 3.49. The van der Waals surface area contributed by atoms with Crippen molar-refractivity contribution in [1.82, 2.24) is 19.7 Å². The lowest BCUT2D eigenvalue weighted by molar-refractivity contribution is -0.113. The molecule has 1 N–H and O–H groups in total. The van der Waals surface area contributed by atoms with Crippen LogP contribution in [0.5, 0.6) is 0 Å². The van der Waals surface area contributed by atoms with Gasteiger partial charge >= 0.3 is 0 Å². The summed E-state index contributed by atoms with van der Waals surface area (Å²) in [5.41, 5.74) is -0.0624. The fraction of sp³-hybridized carbons (Fsp3) is 0.389. The van der Waals surface area contributed by atoms with Crippen LogP contribution in [-0.2, 0) is 22.6 Å². The maximum Gasteiger partial charge on any atom is 0.234 e. The Morgan fingerprint density at radius 3 is 2.82 bits per heavy atom. The van der Waals surface area contributed by atoms with Crippen molar-refractivity contribution >= 4 is 23.4 Å². The van der Waals surface area contributed by atoms with Gasteiger partial charge < -0.3 is 14.6 Å². The Morgan fingerprint density at radius 2 is 2.11 bits per heavy atom. The maximum atomic E-state index is 13.7. The molecule has 1 aliphatic heterocycles. The number of halogens is 2. The van der Waals surface area contributed by atoms with E-state index in [1.54, 1.807) is 6.08 Å². The number of allylic oxidation sites excluding steroid dienone is 1. The van der Waals surface area contributed by atoms with Crippen molar-refractivity contribution in [3.8, 4) is 0 Å². The van der Waals surface area contributed by atoms with Crippen molar-refractivity contribution in [2.45, 2.75) is 18.2 Å². The predicted molar refractivity (Wildman–Crippen MR) is 102 cm³/mol. The molecule has 1 amide bonds. The van der Waals surface area contributed by atoms with E-state index in [9.17, 15) is 13.6 Å². The fourth-order valence-electron chi connectivity index (χ4n) is 2.72. The first kappa shape index (κ1) is 20.4. The lowest BCUT2D eigenvalue weighted by Crippen LogP contribution is -2.36. The Kier molecular flexibility index (Phi) is 7.12. The molecule has 0 spiro atoms. The van der Waals surface area contributed by atoms with Crippen LogP contribution in [-0.4, -0.2) is 57.6 Å². The summed E-state index contributed by atoms with van der Waals surface area (Å²) in [7, 11) is 0. The number of aromatic nitrogens is 3. The molecule has 2 aromatic rings. The Balaban J connectivity index is 1.61. The number of benzene rings is 1. The minimum atomic E-state index is -0.819. The molecule has 0 aliphatic carbocycles. The molecule has 7 nitrogen and oxygen atoms in total. The summed E-state index contributed by atoms with van der Waals surface area (Å²) in [4.78, 5) is 14.4. The van der Waals surface area contributed by atoms with Crippen LogP contribution in [0.3, 0.4) is 0 Å². The Bertz CT molecular complexity index is 839. The summed E-state index contributed by atoms with van der Waals surface area (Å²) in [6.45, 7) is 7.96. The highest BCUT2D eigenvalue weighted by Crippen LogP contribution is 2.20. The highest BCUT2D eigenvalue weighted by molar-refractivity contribution is 7.99. The van der Waals surface area contributed by atoms with E-state index in [1.807, 2.05) is 4.57 Å². The molecule has 1 aliphatic rings. The number of thioether (sulfide) groups is 1. The minimum Gasteiger partial charge on any atom is -0.379 e. The van der Waals surface area contributed by atoms with Gasteiger partial charge in [-0.05, 0) is 12.1 Å². The minimum absolute atomic E-state index is 0.0175. The van der Waals surface area contributed by atoms with Crippen LogP contribution in [0.2, 0.25) is 0 Å². The SMILES string of the molecule is C=CCn1c(CN2CCOCC2)nnc1SCC(=O)Nc1ccc(F)cc1F. The van der Waals surface area contributed by atoms with Gasteiger partial charge in [0.05, 0.1) is 31.2 Å². The lowest BCUT2D eigenvalue weighted by atomic mass is 10.3. The molecule has 1 saturated heterocycles. The smallest absolute Gasteiger partial charge is 0.234 e. The highest BCUT2D eigenvalue weighted by atomic mass is 32.2. The zero-order valence-electron chi connectivity index (χ0n) is 15.2. The average molecular weight is 409 g/mol. The van der Waals surface area contributed by atoms with Crippen molar-refractivity contribution in [2.75, 3.05) is 37.4 Å². The number of hydrogen-bond acceptors (Lipinski definition) is 6. The molecule has 3 rings (SSSR count). The highest BCUT2D eigenvalue weighted by Gasteiger charge is 2.18. The molecule has 10 heteroatoms. The molecule has 2 heterocycles. The number of ether oxygens (including phenoxy) is 1. The molecule has 0 radical (unpaired) electrons. The number of rotatable bonds is 8. The van der Waals surface area contributed by atoms with E-state index < -0.39 is 17.5 Å². The first-order valence-electron chi connectivity index (χ1n) is 8.77. The molecule has 150 valence electrons. The third kappa shape index (κ3) is 5.37. The first-order valence-corrected chi connectivity index (χ1v) is 9.76. The van der Waals surface area contributed by atoms with Gasteiger partial charge in [0.15, 0.2) is 5.16 Å². The van der Waals surface area contributed by atoms with Gasteiger partial charge in [-0.25, -0.2) is 8.78 Å². The molecule has 0 atom stereocenters. The molecule has 1 aromatic heterocycles. The summed E-state index contributed by atoms with van der Waals surface area (Å²) >= 11 is 1.20. The number of morpholine rings is 1. The molecule has 1 aromatic carbocycles. The van der Waals surface area contributed by atoms with Crippen LogP contribution in [0.1, 0.15) is 5.82 Å². The number of anilines is 1. The Hall–Kier alpha value is -2.30. The van der Waals surface area contributed by atoms with Gasteiger partial charge in [-0.2, -0.15) is 0 Å². The molecule has 0 saturated carbocycles. The number of hydrogen-bond donors (Lipinski definition) is 1. The summed E-state index contributed by atoms with van der Waals surface area (Å²) in [5, 5.41) is 11.4. The second-order valence-corrected chi connectivity index (χ2v) is 7.09. The summed E-state index contributed by atoms with van der Waals surface area (Å²) in [6, 6.07) is 3.00. The van der Waals surface area contributed by atoms with E-state index in [2.05, 4.69) is 27.0 Å². The van der Waals surface area contributed by atoms with Crippen molar-refractivity contribution in [3.05, 3.63) is 48.3 Å². The van der Waals surface area contributed by atoms with Crippen LogP contribution in [0.15, 0.2) is 36.0 Å². The zero-order chi connectivity index (χ0) is 19.9. The van der Waals surface area contributed by atoms with Gasteiger partial charge in [-0.3, -0.25) is 9.69 Å². The van der Waals surface area contributed by atoms with E-state index in [1.165, 1.54) is 17.8 Å². The average Bonchev–Trinajstić information content (AvgIpc) is 3.05. The summed E-state index contributed by atoms with van der Waals surface area (Å²) in [5.74, 6) is -1.13. The van der Waals surface area contributed by atoms with Crippen LogP contribution >= 0.6 is 11.8 Å². The first-order chi connectivity index (χ1) is 13.6. The van der Waals surface area contributed by atoms with E-state index in [4.69, 9.17) is 4.74 Å². The normalized spacial score (nSPS) is 14.8. The van der Waals surface area contributed by atoms with Crippen molar-refractivity contribution < 1.29 is 18.3 Å². The van der Waals surface area contributed by atoms with Gasteiger partial charge in [-0.1, -0.05) is 17.8 Å². The van der Waals surface area contributed by atoms with E-state index in [0.29, 0.717) is 31.5 Å². The van der Waals surface area contributed by atoms with Crippen LogP contribution in [0.25, 0.3) is 0 Å².